The third-order valence-corrected chi connectivity index (χ3v) is 6.43. The second-order valence-electron chi connectivity index (χ2n) is 6.18. The first-order valence-corrected chi connectivity index (χ1v) is 9.87. The summed E-state index contributed by atoms with van der Waals surface area (Å²) in [4.78, 5) is 0.292. The summed E-state index contributed by atoms with van der Waals surface area (Å²) in [5, 5.41) is 0. The molecule has 0 atom stereocenters. The minimum atomic E-state index is -3.52. The van der Waals surface area contributed by atoms with Crippen molar-refractivity contribution >= 4 is 26.0 Å². The van der Waals surface area contributed by atoms with Crippen LogP contribution in [-0.4, -0.2) is 8.42 Å². The Labute approximate surface area is 147 Å². The Bertz CT molecular complexity index is 768. The van der Waals surface area contributed by atoms with Crippen LogP contribution in [0.1, 0.15) is 38.3 Å². The second kappa shape index (κ2) is 7.16. The molecule has 0 fully saturated rings. The largest absolute Gasteiger partial charge is 0.240 e. The van der Waals surface area contributed by atoms with Crippen LogP contribution in [0.2, 0.25) is 0 Å². The van der Waals surface area contributed by atoms with Crippen molar-refractivity contribution in [3.05, 3.63) is 64.1 Å². The van der Waals surface area contributed by atoms with Gasteiger partial charge in [0.2, 0.25) is 10.0 Å². The maximum absolute atomic E-state index is 12.4. The molecule has 0 heterocycles. The van der Waals surface area contributed by atoms with Gasteiger partial charge in [0.1, 0.15) is 0 Å². The molecule has 5 heteroatoms. The summed E-state index contributed by atoms with van der Waals surface area (Å²) in [6.07, 6.45) is 0.999. The van der Waals surface area contributed by atoms with Crippen LogP contribution in [-0.2, 0) is 22.0 Å². The zero-order chi connectivity index (χ0) is 17.1. The maximum Gasteiger partial charge on any atom is 0.240 e. The Balaban J connectivity index is 2.15. The van der Waals surface area contributed by atoms with E-state index < -0.39 is 10.0 Å². The lowest BCUT2D eigenvalue weighted by Gasteiger charge is -2.23. The van der Waals surface area contributed by atoms with Crippen LogP contribution in [0.25, 0.3) is 0 Å². The predicted octanol–water partition coefficient (Wildman–Crippen LogP) is 4.62. The highest BCUT2D eigenvalue weighted by Gasteiger charge is 2.20. The summed E-state index contributed by atoms with van der Waals surface area (Å²) < 4.78 is 28.4. The summed E-state index contributed by atoms with van der Waals surface area (Å²) in [6.45, 7) is 6.69. The molecule has 1 N–H and O–H groups in total. The molecule has 0 unspecified atom stereocenters. The Hall–Kier alpha value is -1.17. The number of benzene rings is 2. The molecule has 3 nitrogen and oxygen atoms in total. The minimum Gasteiger partial charge on any atom is -0.207 e. The third-order valence-electron chi connectivity index (χ3n) is 4.24. The smallest absolute Gasteiger partial charge is 0.207 e. The van der Waals surface area contributed by atoms with Crippen molar-refractivity contribution in [1.82, 2.24) is 4.72 Å². The topological polar surface area (TPSA) is 46.2 Å². The summed E-state index contributed by atoms with van der Waals surface area (Å²) >= 11 is 3.42. The monoisotopic (exact) mass is 395 g/mol. The molecule has 124 valence electrons. The van der Waals surface area contributed by atoms with Crippen molar-refractivity contribution in [3.63, 3.8) is 0 Å². The standard InChI is InChI=1S/C18H22BrNO2S/c1-4-18(2,3)15-9-11-16(12-10-15)23(21,22)20-13-14-7-5-6-8-17(14)19/h5-12,20H,4,13H2,1-3H3. The van der Waals surface area contributed by atoms with Crippen LogP contribution in [0.5, 0.6) is 0 Å². The molecule has 0 aliphatic heterocycles. The van der Waals surface area contributed by atoms with Gasteiger partial charge in [0.05, 0.1) is 4.90 Å². The van der Waals surface area contributed by atoms with E-state index in [1.165, 1.54) is 0 Å². The highest BCUT2D eigenvalue weighted by molar-refractivity contribution is 9.10. The number of rotatable bonds is 6. The van der Waals surface area contributed by atoms with E-state index in [1.807, 2.05) is 36.4 Å². The molecule has 0 saturated heterocycles. The molecular weight excluding hydrogens is 374 g/mol. The summed E-state index contributed by atoms with van der Waals surface area (Å²) in [5.74, 6) is 0. The number of hydrogen-bond acceptors (Lipinski definition) is 2. The fourth-order valence-electron chi connectivity index (χ4n) is 2.19. The molecule has 2 aromatic carbocycles. The zero-order valence-electron chi connectivity index (χ0n) is 13.6. The molecule has 0 aliphatic carbocycles. The summed E-state index contributed by atoms with van der Waals surface area (Å²) in [6, 6.07) is 14.7. The normalized spacial score (nSPS) is 12.3. The lowest BCUT2D eigenvalue weighted by atomic mass is 9.82. The van der Waals surface area contributed by atoms with Gasteiger partial charge < -0.3 is 0 Å². The first-order chi connectivity index (χ1) is 10.8. The van der Waals surface area contributed by atoms with Crippen molar-refractivity contribution < 1.29 is 8.42 Å². The fraction of sp³-hybridized carbons (Fsp3) is 0.333. The summed E-state index contributed by atoms with van der Waals surface area (Å²) in [5.41, 5.74) is 2.09. The molecule has 0 radical (unpaired) electrons. The Kier molecular flexibility index (Phi) is 5.65. The first kappa shape index (κ1) is 18.2. The highest BCUT2D eigenvalue weighted by Crippen LogP contribution is 2.27. The lowest BCUT2D eigenvalue weighted by Crippen LogP contribution is -2.23. The van der Waals surface area contributed by atoms with E-state index in [1.54, 1.807) is 12.1 Å². The van der Waals surface area contributed by atoms with Gasteiger partial charge in [-0.15, -0.1) is 0 Å². The fourth-order valence-corrected chi connectivity index (χ4v) is 3.62. The Morgan fingerprint density at radius 3 is 2.22 bits per heavy atom. The molecule has 0 spiro atoms. The molecule has 0 bridgehead atoms. The molecule has 0 aliphatic rings. The average Bonchev–Trinajstić information content (AvgIpc) is 2.54. The third kappa shape index (κ3) is 4.43. The second-order valence-corrected chi connectivity index (χ2v) is 8.80. The van der Waals surface area contributed by atoms with Crippen molar-refractivity contribution in [2.75, 3.05) is 0 Å². The maximum atomic E-state index is 12.4. The van der Waals surface area contributed by atoms with Crippen molar-refractivity contribution in [2.45, 2.75) is 44.0 Å². The van der Waals surface area contributed by atoms with Crippen LogP contribution in [0.4, 0.5) is 0 Å². The molecule has 23 heavy (non-hydrogen) atoms. The van der Waals surface area contributed by atoms with Crippen LogP contribution < -0.4 is 4.72 Å². The number of sulfonamides is 1. The van der Waals surface area contributed by atoms with Gasteiger partial charge in [-0.1, -0.05) is 67.0 Å². The number of nitrogens with one attached hydrogen (secondary N) is 1. The van der Waals surface area contributed by atoms with E-state index in [9.17, 15) is 8.42 Å². The van der Waals surface area contributed by atoms with Crippen LogP contribution in [0, 0.1) is 0 Å². The van der Waals surface area contributed by atoms with Crippen LogP contribution in [0.3, 0.4) is 0 Å². The van der Waals surface area contributed by atoms with Gasteiger partial charge in [0.25, 0.3) is 0 Å². The van der Waals surface area contributed by atoms with Gasteiger partial charge in [-0.2, -0.15) is 0 Å². The predicted molar refractivity (Wildman–Crippen MR) is 97.9 cm³/mol. The lowest BCUT2D eigenvalue weighted by molar-refractivity contribution is 0.505. The van der Waals surface area contributed by atoms with Gasteiger partial charge >= 0.3 is 0 Å². The van der Waals surface area contributed by atoms with Crippen molar-refractivity contribution in [2.24, 2.45) is 0 Å². The van der Waals surface area contributed by atoms with Gasteiger partial charge in [0, 0.05) is 11.0 Å². The van der Waals surface area contributed by atoms with E-state index in [-0.39, 0.29) is 12.0 Å². The Morgan fingerprint density at radius 2 is 1.65 bits per heavy atom. The highest BCUT2D eigenvalue weighted by atomic mass is 79.9. The van der Waals surface area contributed by atoms with Gasteiger partial charge in [-0.25, -0.2) is 13.1 Å². The molecule has 2 aromatic rings. The van der Waals surface area contributed by atoms with Gasteiger partial charge in [-0.3, -0.25) is 0 Å². The molecule has 0 aromatic heterocycles. The molecule has 0 saturated carbocycles. The van der Waals surface area contributed by atoms with Crippen LogP contribution in [0.15, 0.2) is 57.9 Å². The minimum absolute atomic E-state index is 0.0463. The van der Waals surface area contributed by atoms with Crippen LogP contribution >= 0.6 is 15.9 Å². The molecule has 0 amide bonds. The SMILES string of the molecule is CCC(C)(C)c1ccc(S(=O)(=O)NCc2ccccc2Br)cc1. The van der Waals surface area contributed by atoms with Crippen molar-refractivity contribution in [3.8, 4) is 0 Å². The molecule has 2 rings (SSSR count). The quantitative estimate of drug-likeness (QED) is 0.775. The summed E-state index contributed by atoms with van der Waals surface area (Å²) in [7, 11) is -3.52. The zero-order valence-corrected chi connectivity index (χ0v) is 16.0. The van der Waals surface area contributed by atoms with E-state index in [0.717, 1.165) is 22.0 Å². The first-order valence-electron chi connectivity index (χ1n) is 7.60. The number of hydrogen-bond donors (Lipinski definition) is 1. The Morgan fingerprint density at radius 1 is 1.04 bits per heavy atom. The van der Waals surface area contributed by atoms with E-state index in [4.69, 9.17) is 0 Å². The molecular formula is C18H22BrNO2S. The van der Waals surface area contributed by atoms with Crippen molar-refractivity contribution in [1.29, 1.82) is 0 Å². The van der Waals surface area contributed by atoms with E-state index in [2.05, 4.69) is 41.4 Å². The van der Waals surface area contributed by atoms with Gasteiger partial charge in [-0.05, 0) is 41.2 Å². The number of halogens is 1. The van der Waals surface area contributed by atoms with Gasteiger partial charge in [0.15, 0.2) is 0 Å². The van der Waals surface area contributed by atoms with E-state index in [0.29, 0.717) is 4.90 Å². The van der Waals surface area contributed by atoms with E-state index >= 15 is 0 Å². The average molecular weight is 396 g/mol.